The molecular weight excluding hydrogens is 388 g/mol. The van der Waals surface area contributed by atoms with Gasteiger partial charge in [0.05, 0.1) is 6.67 Å². The van der Waals surface area contributed by atoms with Crippen LogP contribution in [0.5, 0.6) is 0 Å². The van der Waals surface area contributed by atoms with Gasteiger partial charge < -0.3 is 0 Å². The van der Waals surface area contributed by atoms with E-state index < -0.39 is 24.1 Å². The molecule has 164 valence electrons. The maximum atomic E-state index is 13.5. The second-order valence-electron chi connectivity index (χ2n) is 9.07. The number of hydrogen-bond acceptors (Lipinski definition) is 0. The highest BCUT2D eigenvalue weighted by molar-refractivity contribution is 5.28. The van der Waals surface area contributed by atoms with Gasteiger partial charge in [-0.2, -0.15) is 0 Å². The van der Waals surface area contributed by atoms with Crippen LogP contribution in [0.4, 0.5) is 17.6 Å². The van der Waals surface area contributed by atoms with Crippen LogP contribution in [-0.4, -0.2) is 6.67 Å². The molecule has 1 aliphatic rings. The van der Waals surface area contributed by atoms with Crippen molar-refractivity contribution < 1.29 is 17.6 Å². The summed E-state index contributed by atoms with van der Waals surface area (Å²) in [7, 11) is 0. The molecule has 0 amide bonds. The Morgan fingerprint density at radius 2 is 1.43 bits per heavy atom. The highest BCUT2D eigenvalue weighted by atomic mass is 19.2. The van der Waals surface area contributed by atoms with Crippen LogP contribution in [0.3, 0.4) is 0 Å². The van der Waals surface area contributed by atoms with Gasteiger partial charge in [0.1, 0.15) is 0 Å². The molecule has 4 heteroatoms. The minimum atomic E-state index is -1.44. The predicted octanol–water partition coefficient (Wildman–Crippen LogP) is 8.42. The molecule has 0 aromatic heterocycles. The van der Waals surface area contributed by atoms with E-state index in [2.05, 4.69) is 31.2 Å². The Morgan fingerprint density at radius 1 is 0.833 bits per heavy atom. The molecule has 1 saturated carbocycles. The number of halogens is 4. The van der Waals surface area contributed by atoms with Crippen molar-refractivity contribution in [1.29, 1.82) is 0 Å². The van der Waals surface area contributed by atoms with Gasteiger partial charge in [0, 0.05) is 0 Å². The van der Waals surface area contributed by atoms with Gasteiger partial charge >= 0.3 is 0 Å². The monoisotopic (exact) mass is 420 g/mol. The summed E-state index contributed by atoms with van der Waals surface area (Å²) < 4.78 is 53.5. The summed E-state index contributed by atoms with van der Waals surface area (Å²) >= 11 is 0. The third kappa shape index (κ3) is 5.65. The molecule has 1 aliphatic carbocycles. The molecule has 0 radical (unpaired) electrons. The van der Waals surface area contributed by atoms with E-state index in [-0.39, 0.29) is 11.8 Å². The van der Waals surface area contributed by atoms with Crippen LogP contribution in [0.1, 0.15) is 93.2 Å². The first-order chi connectivity index (χ1) is 14.4. The summed E-state index contributed by atoms with van der Waals surface area (Å²) in [5, 5.41) is 0. The average molecular weight is 421 g/mol. The SMILES string of the molecule is CC1CCC(c2ccc(C(CCF)CCC(C)c3cc(F)c(F)c(F)c3)cc2)CC1. The maximum absolute atomic E-state index is 13.5. The highest BCUT2D eigenvalue weighted by Crippen LogP contribution is 2.37. The van der Waals surface area contributed by atoms with Crippen LogP contribution in [0.2, 0.25) is 0 Å². The second kappa shape index (κ2) is 10.5. The van der Waals surface area contributed by atoms with Crippen LogP contribution in [0.15, 0.2) is 36.4 Å². The summed E-state index contributed by atoms with van der Waals surface area (Å²) in [6.07, 6.45) is 6.81. The first kappa shape index (κ1) is 22.8. The van der Waals surface area contributed by atoms with E-state index in [0.717, 1.165) is 23.6 Å². The smallest absolute Gasteiger partial charge is 0.194 e. The summed E-state index contributed by atoms with van der Waals surface area (Å²) in [6.45, 7) is 3.78. The molecule has 0 saturated heterocycles. The molecule has 30 heavy (non-hydrogen) atoms. The first-order valence-electron chi connectivity index (χ1n) is 11.2. The summed E-state index contributed by atoms with van der Waals surface area (Å²) in [5.74, 6) is -2.39. The molecule has 2 atom stereocenters. The van der Waals surface area contributed by atoms with Crippen molar-refractivity contribution in [2.45, 2.75) is 76.5 Å². The lowest BCUT2D eigenvalue weighted by Crippen LogP contribution is -2.11. The molecule has 0 heterocycles. The Bertz CT molecular complexity index is 783. The minimum Gasteiger partial charge on any atom is -0.251 e. The third-order valence-electron chi connectivity index (χ3n) is 6.88. The van der Waals surface area contributed by atoms with E-state index in [9.17, 15) is 17.6 Å². The van der Waals surface area contributed by atoms with E-state index in [1.807, 2.05) is 6.92 Å². The molecule has 1 fully saturated rings. The summed E-state index contributed by atoms with van der Waals surface area (Å²) in [6, 6.07) is 10.7. The molecule has 0 nitrogen and oxygen atoms in total. The fourth-order valence-corrected chi connectivity index (χ4v) is 4.72. The zero-order valence-corrected chi connectivity index (χ0v) is 17.9. The Morgan fingerprint density at radius 3 is 2.00 bits per heavy atom. The largest absolute Gasteiger partial charge is 0.251 e. The highest BCUT2D eigenvalue weighted by Gasteiger charge is 2.21. The number of alkyl halides is 1. The van der Waals surface area contributed by atoms with Gasteiger partial charge in [0.25, 0.3) is 0 Å². The van der Waals surface area contributed by atoms with Crippen LogP contribution in [-0.2, 0) is 0 Å². The van der Waals surface area contributed by atoms with Gasteiger partial charge in [0.2, 0.25) is 0 Å². The van der Waals surface area contributed by atoms with Gasteiger partial charge in [-0.05, 0) is 84.6 Å². The molecule has 2 aromatic carbocycles. The Balaban J connectivity index is 1.64. The van der Waals surface area contributed by atoms with Crippen LogP contribution in [0, 0.1) is 23.4 Å². The van der Waals surface area contributed by atoms with E-state index >= 15 is 0 Å². The van der Waals surface area contributed by atoms with Crippen molar-refractivity contribution in [3.8, 4) is 0 Å². The summed E-state index contributed by atoms with van der Waals surface area (Å²) in [5.41, 5.74) is 2.92. The van der Waals surface area contributed by atoms with E-state index in [1.54, 1.807) is 0 Å². The lowest BCUT2D eigenvalue weighted by molar-refractivity contribution is 0.348. The zero-order valence-electron chi connectivity index (χ0n) is 17.9. The van der Waals surface area contributed by atoms with Crippen molar-refractivity contribution >= 4 is 0 Å². The fourth-order valence-electron chi connectivity index (χ4n) is 4.72. The molecule has 0 N–H and O–H groups in total. The van der Waals surface area contributed by atoms with Crippen LogP contribution < -0.4 is 0 Å². The quantitative estimate of drug-likeness (QED) is 0.297. The zero-order chi connectivity index (χ0) is 21.7. The first-order valence-corrected chi connectivity index (χ1v) is 11.2. The van der Waals surface area contributed by atoms with E-state index in [0.29, 0.717) is 30.7 Å². The van der Waals surface area contributed by atoms with Crippen molar-refractivity contribution in [3.63, 3.8) is 0 Å². The van der Waals surface area contributed by atoms with Crippen molar-refractivity contribution in [2.75, 3.05) is 6.67 Å². The van der Waals surface area contributed by atoms with Gasteiger partial charge in [-0.15, -0.1) is 0 Å². The van der Waals surface area contributed by atoms with Crippen molar-refractivity contribution in [2.24, 2.45) is 5.92 Å². The van der Waals surface area contributed by atoms with Crippen LogP contribution in [0.25, 0.3) is 0 Å². The van der Waals surface area contributed by atoms with Gasteiger partial charge in [-0.25, -0.2) is 13.2 Å². The van der Waals surface area contributed by atoms with Gasteiger partial charge in [0.15, 0.2) is 17.5 Å². The summed E-state index contributed by atoms with van der Waals surface area (Å²) in [4.78, 5) is 0. The number of rotatable bonds is 8. The van der Waals surface area contributed by atoms with Gasteiger partial charge in [-0.1, -0.05) is 51.0 Å². The minimum absolute atomic E-state index is 0.0630. The average Bonchev–Trinajstić information content (AvgIpc) is 2.75. The lowest BCUT2D eigenvalue weighted by Gasteiger charge is -2.27. The molecule has 0 bridgehead atoms. The normalized spacial score (nSPS) is 21.4. The number of benzene rings is 2. The van der Waals surface area contributed by atoms with E-state index in [4.69, 9.17) is 0 Å². The molecule has 3 rings (SSSR count). The Labute approximate surface area is 177 Å². The molecule has 2 aromatic rings. The molecular formula is C26H32F4. The Hall–Kier alpha value is -1.84. The fraction of sp³-hybridized carbons (Fsp3) is 0.538. The lowest BCUT2D eigenvalue weighted by atomic mass is 9.79. The maximum Gasteiger partial charge on any atom is 0.194 e. The van der Waals surface area contributed by atoms with Crippen molar-refractivity contribution in [3.05, 3.63) is 70.5 Å². The number of hydrogen-bond donors (Lipinski definition) is 0. The topological polar surface area (TPSA) is 0 Å². The predicted molar refractivity (Wildman–Crippen MR) is 114 cm³/mol. The standard InChI is InChI=1S/C26H32F4/c1-17-3-6-19(7-4-17)20-9-11-21(12-10-20)22(13-14-27)8-5-18(2)23-15-24(28)26(30)25(29)16-23/h9-12,15-19,22H,3-8,13-14H2,1-2H3. The van der Waals surface area contributed by atoms with Crippen molar-refractivity contribution in [1.82, 2.24) is 0 Å². The molecule has 0 aliphatic heterocycles. The van der Waals surface area contributed by atoms with E-state index in [1.165, 1.54) is 31.2 Å². The Kier molecular flexibility index (Phi) is 7.96. The molecule has 0 spiro atoms. The van der Waals surface area contributed by atoms with Gasteiger partial charge in [-0.3, -0.25) is 4.39 Å². The second-order valence-corrected chi connectivity index (χ2v) is 9.07. The van der Waals surface area contributed by atoms with Crippen LogP contribution >= 0.6 is 0 Å². The molecule has 2 unspecified atom stereocenters. The third-order valence-corrected chi connectivity index (χ3v) is 6.88.